The number of rotatable bonds is 3. The Kier molecular flexibility index (Phi) is 10.1. The van der Waals surface area contributed by atoms with Crippen molar-refractivity contribution in [1.29, 1.82) is 0 Å². The van der Waals surface area contributed by atoms with Gasteiger partial charge in [-0.15, -0.1) is 13.1 Å². The number of amides is 1. The fourth-order valence-electron chi connectivity index (χ4n) is 1.70. The fourth-order valence-corrected chi connectivity index (χ4v) is 1.70. The number of benzene rings is 1. The smallest absolute Gasteiger partial charge is 0.444 e. The van der Waals surface area contributed by atoms with Gasteiger partial charge in [0.15, 0.2) is 5.82 Å². The SMILES string of the molecule is [CH2-]CN(C[CH2-])C(=O)OC(C)(C)C.[CH2-]c1nc(-c2ccc(C)cc2)no1.[Li+]. The molecule has 0 fully saturated rings. The first-order valence-corrected chi connectivity index (χ1v) is 7.95. The van der Waals surface area contributed by atoms with E-state index in [1.54, 1.807) is 0 Å². The molecule has 26 heavy (non-hydrogen) atoms. The third-order valence-corrected chi connectivity index (χ3v) is 2.97. The second kappa shape index (κ2) is 10.9. The molecule has 1 aromatic heterocycles. The number of aromatic nitrogens is 2. The minimum atomic E-state index is -0.445. The van der Waals surface area contributed by atoms with Crippen LogP contribution in [-0.4, -0.2) is 39.8 Å². The van der Waals surface area contributed by atoms with Crippen molar-refractivity contribution in [1.82, 2.24) is 15.0 Å². The van der Waals surface area contributed by atoms with Crippen molar-refractivity contribution in [3.63, 3.8) is 0 Å². The van der Waals surface area contributed by atoms with Gasteiger partial charge in [0.1, 0.15) is 5.60 Å². The third kappa shape index (κ3) is 8.46. The Morgan fingerprint density at radius 2 is 1.73 bits per heavy atom. The first-order chi connectivity index (χ1) is 11.7. The molecule has 1 heterocycles. The molecule has 0 bridgehead atoms. The molecule has 138 valence electrons. The molecule has 0 radical (unpaired) electrons. The summed E-state index contributed by atoms with van der Waals surface area (Å²) in [6, 6.07) is 7.93. The zero-order chi connectivity index (χ0) is 19.0. The summed E-state index contributed by atoms with van der Waals surface area (Å²) in [7, 11) is 0. The minimum Gasteiger partial charge on any atom is -0.444 e. The van der Waals surface area contributed by atoms with E-state index in [1.165, 1.54) is 10.5 Å². The predicted molar refractivity (Wildman–Crippen MR) is 97.5 cm³/mol. The van der Waals surface area contributed by atoms with Crippen molar-refractivity contribution in [2.45, 2.75) is 33.3 Å². The summed E-state index contributed by atoms with van der Waals surface area (Å²) in [6.07, 6.45) is -0.354. The Morgan fingerprint density at radius 1 is 1.19 bits per heavy atom. The summed E-state index contributed by atoms with van der Waals surface area (Å²) < 4.78 is 9.87. The Labute approximate surface area is 168 Å². The molecular weight excluding hydrogens is 325 g/mol. The minimum absolute atomic E-state index is 0. The van der Waals surface area contributed by atoms with E-state index < -0.39 is 5.60 Å². The number of aryl methyl sites for hydroxylation is 1. The Balaban J connectivity index is 0.000000466. The Hall–Kier alpha value is -1.90. The molecule has 2 aromatic rings. The number of hydrogen-bond donors (Lipinski definition) is 0. The van der Waals surface area contributed by atoms with E-state index in [0.29, 0.717) is 24.8 Å². The van der Waals surface area contributed by atoms with Crippen LogP contribution in [-0.2, 0) is 4.74 Å². The molecular formula is C19H26LiN3O3-2. The van der Waals surface area contributed by atoms with Gasteiger partial charge in [0, 0.05) is 5.56 Å². The van der Waals surface area contributed by atoms with Gasteiger partial charge in [-0.3, -0.25) is 0 Å². The maximum atomic E-state index is 11.2. The van der Waals surface area contributed by atoms with Crippen molar-refractivity contribution >= 4 is 6.09 Å². The van der Waals surface area contributed by atoms with Crippen molar-refractivity contribution < 1.29 is 32.9 Å². The summed E-state index contributed by atoms with van der Waals surface area (Å²) in [4.78, 5) is 16.7. The van der Waals surface area contributed by atoms with Gasteiger partial charge < -0.3 is 34.9 Å². The largest absolute Gasteiger partial charge is 1.00 e. The second-order valence-electron chi connectivity index (χ2n) is 6.35. The summed E-state index contributed by atoms with van der Waals surface area (Å²) in [6.45, 7) is 19.0. The van der Waals surface area contributed by atoms with E-state index in [2.05, 4.69) is 30.9 Å². The summed E-state index contributed by atoms with van der Waals surface area (Å²) in [5.41, 5.74) is 1.71. The second-order valence-corrected chi connectivity index (χ2v) is 6.35. The third-order valence-electron chi connectivity index (χ3n) is 2.97. The first-order valence-electron chi connectivity index (χ1n) is 7.95. The molecule has 0 unspecified atom stereocenters. The molecule has 0 saturated heterocycles. The zero-order valence-corrected chi connectivity index (χ0v) is 16.4. The van der Waals surface area contributed by atoms with Gasteiger partial charge in [-0.1, -0.05) is 35.0 Å². The molecule has 6 nitrogen and oxygen atoms in total. The zero-order valence-electron chi connectivity index (χ0n) is 16.4. The van der Waals surface area contributed by atoms with Gasteiger partial charge in [-0.25, -0.2) is 9.78 Å². The van der Waals surface area contributed by atoms with Crippen LogP contribution in [0.25, 0.3) is 11.4 Å². The van der Waals surface area contributed by atoms with Crippen LogP contribution in [0.4, 0.5) is 4.79 Å². The number of carbonyl (C=O) groups is 1. The first kappa shape index (κ1) is 24.1. The van der Waals surface area contributed by atoms with E-state index in [4.69, 9.17) is 9.26 Å². The van der Waals surface area contributed by atoms with Gasteiger partial charge in [0.05, 0.1) is 5.89 Å². The molecule has 0 spiro atoms. The van der Waals surface area contributed by atoms with Gasteiger partial charge in [0.25, 0.3) is 0 Å². The Bertz CT molecular complexity index is 659. The average Bonchev–Trinajstić information content (AvgIpc) is 2.94. The summed E-state index contributed by atoms with van der Waals surface area (Å²) in [5.74, 6) is 0.931. The predicted octanol–water partition coefficient (Wildman–Crippen LogP) is 1.12. The summed E-state index contributed by atoms with van der Waals surface area (Å²) >= 11 is 0. The van der Waals surface area contributed by atoms with E-state index in [9.17, 15) is 4.79 Å². The molecule has 0 atom stereocenters. The number of carbonyl (C=O) groups excluding carboxylic acids is 1. The van der Waals surface area contributed by atoms with Crippen molar-refractivity contribution in [2.24, 2.45) is 0 Å². The average molecular weight is 351 g/mol. The van der Waals surface area contributed by atoms with Crippen molar-refractivity contribution in [3.8, 4) is 11.4 Å². The van der Waals surface area contributed by atoms with Gasteiger partial charge in [-0.05, 0) is 27.7 Å². The van der Waals surface area contributed by atoms with E-state index in [-0.39, 0.29) is 25.0 Å². The molecule has 0 saturated carbocycles. The standard InChI is InChI=1S/C10H9N2O.C9H17NO2.Li/c1-7-3-5-9(6-4-7)10-11-8(2)13-12-10;1-6-10(7-2)8(11)12-9(3,4)5;/h3-6H,2H2,1H3;1-2,6-7H2,3-5H3;/q-1;-2;+1. The van der Waals surface area contributed by atoms with Crippen LogP contribution in [0, 0.1) is 27.7 Å². The molecule has 0 aliphatic rings. The van der Waals surface area contributed by atoms with Gasteiger partial charge >= 0.3 is 25.0 Å². The topological polar surface area (TPSA) is 68.5 Å². The monoisotopic (exact) mass is 351 g/mol. The van der Waals surface area contributed by atoms with Crippen LogP contribution < -0.4 is 18.9 Å². The molecule has 0 aliphatic carbocycles. The maximum absolute atomic E-state index is 11.2. The van der Waals surface area contributed by atoms with Gasteiger partial charge in [0.2, 0.25) is 0 Å². The molecule has 0 aliphatic heterocycles. The maximum Gasteiger partial charge on any atom is 1.00 e. The van der Waals surface area contributed by atoms with Crippen LogP contribution >= 0.6 is 0 Å². The van der Waals surface area contributed by atoms with E-state index in [0.717, 1.165) is 5.56 Å². The fraction of sp³-hybridized carbons (Fsp3) is 0.368. The Morgan fingerprint density at radius 3 is 2.12 bits per heavy atom. The number of nitrogens with zero attached hydrogens (tertiary/aromatic N) is 3. The van der Waals surface area contributed by atoms with Crippen LogP contribution in [0.3, 0.4) is 0 Å². The molecule has 7 heteroatoms. The number of ether oxygens (including phenoxy) is 1. The molecule has 0 N–H and O–H groups in total. The van der Waals surface area contributed by atoms with E-state index in [1.807, 2.05) is 52.0 Å². The normalized spacial score (nSPS) is 10.2. The van der Waals surface area contributed by atoms with Crippen LogP contribution in [0.1, 0.15) is 32.2 Å². The van der Waals surface area contributed by atoms with Crippen LogP contribution in [0.5, 0.6) is 0 Å². The molecule has 2 rings (SSSR count). The summed E-state index contributed by atoms with van der Waals surface area (Å²) in [5, 5.41) is 3.77. The molecule has 1 amide bonds. The van der Waals surface area contributed by atoms with Crippen LogP contribution in [0.2, 0.25) is 0 Å². The van der Waals surface area contributed by atoms with Crippen molar-refractivity contribution in [2.75, 3.05) is 13.1 Å². The number of hydrogen-bond acceptors (Lipinski definition) is 5. The van der Waals surface area contributed by atoms with Crippen molar-refractivity contribution in [3.05, 3.63) is 56.5 Å². The quantitative estimate of drug-likeness (QED) is 0.612. The van der Waals surface area contributed by atoms with Crippen LogP contribution in [0.15, 0.2) is 28.8 Å². The van der Waals surface area contributed by atoms with Gasteiger partial charge in [-0.2, -0.15) is 0 Å². The molecule has 1 aromatic carbocycles. The van der Waals surface area contributed by atoms with E-state index >= 15 is 0 Å².